The van der Waals surface area contributed by atoms with Gasteiger partial charge >= 0.3 is 0 Å². The predicted octanol–water partition coefficient (Wildman–Crippen LogP) is 4.45. The summed E-state index contributed by atoms with van der Waals surface area (Å²) in [5.74, 6) is 2.07. The molecular formula is C23H25N3O3. The standard InChI is InChI=1S/C23H25N3O3/c1-16-4-10-21(17(2)14-16)26-23(27)18-5-11-22(25-15-18)24-12-13-29-20-8-6-19(28-3)7-9-20/h4-11,14-15H,12-13H2,1-3H3,(H,24,25)(H,26,27). The predicted molar refractivity (Wildman–Crippen MR) is 115 cm³/mol. The zero-order valence-electron chi connectivity index (χ0n) is 16.9. The van der Waals surface area contributed by atoms with E-state index < -0.39 is 0 Å². The van der Waals surface area contributed by atoms with Crippen molar-refractivity contribution in [1.29, 1.82) is 0 Å². The lowest BCUT2D eigenvalue weighted by Gasteiger charge is -2.10. The van der Waals surface area contributed by atoms with Crippen LogP contribution in [0.15, 0.2) is 60.8 Å². The second-order valence-electron chi connectivity index (χ2n) is 6.66. The van der Waals surface area contributed by atoms with Crippen molar-refractivity contribution in [2.24, 2.45) is 0 Å². The van der Waals surface area contributed by atoms with E-state index in [9.17, 15) is 4.79 Å². The number of nitrogens with one attached hydrogen (secondary N) is 2. The summed E-state index contributed by atoms with van der Waals surface area (Å²) in [6, 6.07) is 16.9. The molecule has 0 atom stereocenters. The minimum absolute atomic E-state index is 0.182. The van der Waals surface area contributed by atoms with Crippen LogP contribution in [-0.2, 0) is 0 Å². The molecule has 0 saturated heterocycles. The maximum Gasteiger partial charge on any atom is 0.257 e. The van der Waals surface area contributed by atoms with Crippen LogP contribution in [0.1, 0.15) is 21.5 Å². The van der Waals surface area contributed by atoms with Crippen LogP contribution in [-0.4, -0.2) is 31.2 Å². The van der Waals surface area contributed by atoms with E-state index in [1.165, 1.54) is 0 Å². The number of rotatable bonds is 8. The van der Waals surface area contributed by atoms with Gasteiger partial charge in [0.2, 0.25) is 0 Å². The maximum atomic E-state index is 12.4. The van der Waals surface area contributed by atoms with Crippen LogP contribution < -0.4 is 20.1 Å². The zero-order valence-corrected chi connectivity index (χ0v) is 16.9. The average Bonchev–Trinajstić information content (AvgIpc) is 2.74. The molecule has 0 aliphatic heterocycles. The molecule has 2 aromatic carbocycles. The molecule has 0 bridgehead atoms. The molecule has 0 fully saturated rings. The fourth-order valence-corrected chi connectivity index (χ4v) is 2.80. The van der Waals surface area contributed by atoms with E-state index in [1.807, 2.05) is 56.3 Å². The smallest absolute Gasteiger partial charge is 0.257 e. The Balaban J connectivity index is 1.47. The number of carbonyl (C=O) groups is 1. The van der Waals surface area contributed by atoms with Crippen LogP contribution in [0.25, 0.3) is 0 Å². The number of ether oxygens (including phenoxy) is 2. The SMILES string of the molecule is COc1ccc(OCCNc2ccc(C(=O)Nc3ccc(C)cc3C)cn2)cc1. The van der Waals surface area contributed by atoms with Crippen molar-refractivity contribution < 1.29 is 14.3 Å². The number of hydrogen-bond acceptors (Lipinski definition) is 5. The molecule has 0 aliphatic rings. The fraction of sp³-hybridized carbons (Fsp3) is 0.217. The zero-order chi connectivity index (χ0) is 20.6. The van der Waals surface area contributed by atoms with Crippen LogP contribution in [0.3, 0.4) is 0 Å². The van der Waals surface area contributed by atoms with E-state index in [0.717, 1.165) is 28.3 Å². The van der Waals surface area contributed by atoms with Gasteiger partial charge in [-0.1, -0.05) is 17.7 Å². The molecule has 0 saturated carbocycles. The molecule has 1 amide bonds. The van der Waals surface area contributed by atoms with E-state index in [0.29, 0.717) is 24.5 Å². The lowest BCUT2D eigenvalue weighted by molar-refractivity contribution is 0.102. The third kappa shape index (κ3) is 5.72. The molecule has 150 valence electrons. The van der Waals surface area contributed by atoms with Crippen LogP contribution in [0, 0.1) is 13.8 Å². The lowest BCUT2D eigenvalue weighted by atomic mass is 10.1. The molecule has 0 aliphatic carbocycles. The average molecular weight is 391 g/mol. The third-order valence-electron chi connectivity index (χ3n) is 4.39. The minimum atomic E-state index is -0.182. The number of aryl methyl sites for hydroxylation is 2. The van der Waals surface area contributed by atoms with Crippen LogP contribution in [0.4, 0.5) is 11.5 Å². The van der Waals surface area contributed by atoms with Crippen molar-refractivity contribution in [3.63, 3.8) is 0 Å². The normalized spacial score (nSPS) is 10.3. The Morgan fingerprint density at radius 2 is 1.76 bits per heavy atom. The highest BCUT2D eigenvalue weighted by molar-refractivity contribution is 6.04. The second kappa shape index (κ2) is 9.59. The number of hydrogen-bond donors (Lipinski definition) is 2. The summed E-state index contributed by atoms with van der Waals surface area (Å²) < 4.78 is 10.8. The first-order valence-electron chi connectivity index (χ1n) is 9.40. The monoisotopic (exact) mass is 391 g/mol. The maximum absolute atomic E-state index is 12.4. The van der Waals surface area contributed by atoms with E-state index in [2.05, 4.69) is 15.6 Å². The van der Waals surface area contributed by atoms with Crippen LogP contribution >= 0.6 is 0 Å². The van der Waals surface area contributed by atoms with Gasteiger partial charge in [-0.2, -0.15) is 0 Å². The van der Waals surface area contributed by atoms with E-state index >= 15 is 0 Å². The summed E-state index contributed by atoms with van der Waals surface area (Å²) in [5, 5.41) is 6.10. The Morgan fingerprint density at radius 3 is 2.41 bits per heavy atom. The first-order valence-corrected chi connectivity index (χ1v) is 9.40. The van der Waals surface area contributed by atoms with Gasteiger partial charge in [0.1, 0.15) is 23.9 Å². The van der Waals surface area contributed by atoms with Gasteiger partial charge in [-0.05, 0) is 61.9 Å². The first kappa shape index (κ1) is 20.2. The largest absolute Gasteiger partial charge is 0.497 e. The van der Waals surface area contributed by atoms with Gasteiger partial charge in [-0.25, -0.2) is 4.98 Å². The van der Waals surface area contributed by atoms with Gasteiger partial charge in [0, 0.05) is 11.9 Å². The van der Waals surface area contributed by atoms with Crippen molar-refractivity contribution >= 4 is 17.4 Å². The Labute approximate surface area is 170 Å². The van der Waals surface area contributed by atoms with Crippen molar-refractivity contribution in [2.45, 2.75) is 13.8 Å². The molecule has 3 aromatic rings. The number of nitrogens with zero attached hydrogens (tertiary/aromatic N) is 1. The molecule has 6 nitrogen and oxygen atoms in total. The number of benzene rings is 2. The van der Waals surface area contributed by atoms with E-state index in [-0.39, 0.29) is 5.91 Å². The van der Waals surface area contributed by atoms with Gasteiger partial charge in [0.25, 0.3) is 5.91 Å². The van der Waals surface area contributed by atoms with Gasteiger partial charge in [0.05, 0.1) is 19.2 Å². The summed E-state index contributed by atoms with van der Waals surface area (Å²) in [7, 11) is 1.63. The molecule has 29 heavy (non-hydrogen) atoms. The minimum Gasteiger partial charge on any atom is -0.497 e. The molecule has 1 heterocycles. The topological polar surface area (TPSA) is 72.5 Å². The molecule has 1 aromatic heterocycles. The van der Waals surface area contributed by atoms with Crippen molar-refractivity contribution in [2.75, 3.05) is 30.9 Å². The summed E-state index contributed by atoms with van der Waals surface area (Å²) in [4.78, 5) is 16.7. The van der Waals surface area contributed by atoms with Gasteiger partial charge in [-0.15, -0.1) is 0 Å². The van der Waals surface area contributed by atoms with E-state index in [4.69, 9.17) is 9.47 Å². The Kier molecular flexibility index (Phi) is 6.68. The summed E-state index contributed by atoms with van der Waals surface area (Å²) >= 11 is 0. The molecule has 0 radical (unpaired) electrons. The molecule has 0 unspecified atom stereocenters. The Bertz CT molecular complexity index is 954. The van der Waals surface area contributed by atoms with Crippen molar-refractivity contribution in [3.05, 3.63) is 77.5 Å². The van der Waals surface area contributed by atoms with Crippen molar-refractivity contribution in [1.82, 2.24) is 4.98 Å². The summed E-state index contributed by atoms with van der Waals surface area (Å²) in [6.45, 7) is 5.08. The second-order valence-corrected chi connectivity index (χ2v) is 6.66. The number of amides is 1. The van der Waals surface area contributed by atoms with Gasteiger partial charge in [0.15, 0.2) is 0 Å². The van der Waals surface area contributed by atoms with Gasteiger partial charge < -0.3 is 20.1 Å². The first-order chi connectivity index (χ1) is 14.0. The highest BCUT2D eigenvalue weighted by Crippen LogP contribution is 2.18. The molecule has 0 spiro atoms. The van der Waals surface area contributed by atoms with Crippen LogP contribution in [0.2, 0.25) is 0 Å². The number of methoxy groups -OCH3 is 1. The molecule has 3 rings (SSSR count). The Morgan fingerprint density at radius 1 is 1.00 bits per heavy atom. The molecular weight excluding hydrogens is 366 g/mol. The molecule has 2 N–H and O–H groups in total. The number of pyridine rings is 1. The van der Waals surface area contributed by atoms with E-state index in [1.54, 1.807) is 25.4 Å². The van der Waals surface area contributed by atoms with Gasteiger partial charge in [-0.3, -0.25) is 4.79 Å². The number of aromatic nitrogens is 1. The highest BCUT2D eigenvalue weighted by Gasteiger charge is 2.08. The highest BCUT2D eigenvalue weighted by atomic mass is 16.5. The quantitative estimate of drug-likeness (QED) is 0.555. The molecule has 6 heteroatoms. The fourth-order valence-electron chi connectivity index (χ4n) is 2.80. The van der Waals surface area contributed by atoms with Crippen molar-refractivity contribution in [3.8, 4) is 11.5 Å². The van der Waals surface area contributed by atoms with Crippen LogP contribution in [0.5, 0.6) is 11.5 Å². The Hall–Kier alpha value is -3.54. The lowest BCUT2D eigenvalue weighted by Crippen LogP contribution is -2.15. The third-order valence-corrected chi connectivity index (χ3v) is 4.39. The summed E-state index contributed by atoms with van der Waals surface area (Å²) in [5.41, 5.74) is 3.50. The number of carbonyl (C=O) groups excluding carboxylic acids is 1. The number of anilines is 2. The summed E-state index contributed by atoms with van der Waals surface area (Å²) in [6.07, 6.45) is 1.56.